The average Bonchev–Trinajstić information content (AvgIpc) is 3.93. The summed E-state index contributed by atoms with van der Waals surface area (Å²) in [6, 6.07) is 46.6. The van der Waals surface area contributed by atoms with Crippen LogP contribution in [0.15, 0.2) is 146 Å². The molecule has 0 saturated heterocycles. The summed E-state index contributed by atoms with van der Waals surface area (Å²) in [4.78, 5) is 23.2. The summed E-state index contributed by atoms with van der Waals surface area (Å²) >= 11 is 18.8. The molecular weight excluding hydrogens is 880 g/mol. The molecule has 330 valence electrons. The smallest absolute Gasteiger partial charge is 0.248 e. The maximum atomic E-state index is 11.9. The molecule has 0 fully saturated rings. The number of H-pyrrole nitrogens is 2. The van der Waals surface area contributed by atoms with Gasteiger partial charge in [0.25, 0.3) is 0 Å². The number of primary amides is 1. The molecule has 0 aliphatic carbocycles. The van der Waals surface area contributed by atoms with Crippen LogP contribution in [-0.2, 0) is 12.8 Å². The van der Waals surface area contributed by atoms with Gasteiger partial charge in [0.05, 0.1) is 44.9 Å². The number of nitrogens with zero attached hydrogens (tertiary/aromatic N) is 4. The number of nitrogens with two attached hydrogens (primary N) is 1. The van der Waals surface area contributed by atoms with Crippen molar-refractivity contribution in [2.75, 3.05) is 16.3 Å². The van der Waals surface area contributed by atoms with Gasteiger partial charge in [0.15, 0.2) is 9.54 Å². The predicted molar refractivity (Wildman–Crippen MR) is 273 cm³/mol. The molecule has 7 N–H and O–H groups in total. The Morgan fingerprint density at radius 1 is 0.652 bits per heavy atom. The number of aromatic nitrogens is 6. The van der Waals surface area contributed by atoms with Crippen LogP contribution in [0.5, 0.6) is 0 Å². The molecule has 11 nitrogen and oxygen atoms in total. The number of aryl methyl sites for hydroxylation is 4. The first-order valence-corrected chi connectivity index (χ1v) is 22.7. The second-order valence-corrected chi connectivity index (χ2v) is 17.4. The number of rotatable bonds is 14. The fourth-order valence-corrected chi connectivity index (χ4v) is 9.25. The van der Waals surface area contributed by atoms with Crippen LogP contribution < -0.4 is 22.0 Å². The normalized spacial score (nSPS) is 11.2. The van der Waals surface area contributed by atoms with E-state index in [1.807, 2.05) is 88.5 Å². The van der Waals surface area contributed by atoms with Gasteiger partial charge in [0.1, 0.15) is 6.33 Å². The lowest BCUT2D eigenvalue weighted by atomic mass is 10.00. The van der Waals surface area contributed by atoms with E-state index in [2.05, 4.69) is 112 Å². The summed E-state index contributed by atoms with van der Waals surface area (Å²) < 4.78 is 6.83. The summed E-state index contributed by atoms with van der Waals surface area (Å²) in [6.07, 6.45) is 3.20. The number of hydrogen-bond acceptors (Lipinski definition) is 7. The van der Waals surface area contributed by atoms with Gasteiger partial charge in [-0.2, -0.15) is 0 Å². The van der Waals surface area contributed by atoms with Crippen molar-refractivity contribution in [1.82, 2.24) is 29.0 Å². The van der Waals surface area contributed by atoms with E-state index in [0.29, 0.717) is 26.5 Å². The third-order valence-electron chi connectivity index (χ3n) is 11.5. The van der Waals surface area contributed by atoms with Crippen LogP contribution in [0.4, 0.5) is 17.1 Å². The zero-order chi connectivity index (χ0) is 46.1. The van der Waals surface area contributed by atoms with Crippen molar-refractivity contribution >= 4 is 59.0 Å². The van der Waals surface area contributed by atoms with E-state index in [4.69, 9.17) is 41.8 Å². The number of amides is 1. The monoisotopic (exact) mass is 926 g/mol. The predicted octanol–water partition coefficient (Wildman–Crippen LogP) is 12.7. The number of carbonyl (C=O) groups is 1. The van der Waals surface area contributed by atoms with Crippen molar-refractivity contribution < 1.29 is 4.79 Å². The van der Waals surface area contributed by atoms with Gasteiger partial charge in [-0.15, -0.1) is 0 Å². The number of halogens is 1. The van der Waals surface area contributed by atoms with Crippen LogP contribution >= 0.6 is 36.0 Å². The Bertz CT molecular complexity index is 3410. The number of nitrogens with one attached hydrogen (secondary N) is 5. The average molecular weight is 928 g/mol. The van der Waals surface area contributed by atoms with E-state index in [-0.39, 0.29) is 0 Å². The van der Waals surface area contributed by atoms with Crippen molar-refractivity contribution in [3.63, 3.8) is 0 Å². The molecule has 1 amide bonds. The van der Waals surface area contributed by atoms with Gasteiger partial charge < -0.3 is 15.7 Å². The lowest BCUT2D eigenvalue weighted by Gasteiger charge is -2.16. The molecule has 0 bridgehead atoms. The zero-order valence-corrected chi connectivity index (χ0v) is 39.1. The van der Waals surface area contributed by atoms with Gasteiger partial charge in [-0.3, -0.25) is 21.1 Å². The molecule has 9 rings (SSSR count). The summed E-state index contributed by atoms with van der Waals surface area (Å²) in [5.74, 6) is -0.478. The maximum absolute atomic E-state index is 11.9. The lowest BCUT2D eigenvalue weighted by molar-refractivity contribution is 0.1000. The van der Waals surface area contributed by atoms with Crippen LogP contribution in [0.3, 0.4) is 0 Å². The first kappa shape index (κ1) is 43.8. The molecule has 9 aromatic rings. The Kier molecular flexibility index (Phi) is 12.3. The molecule has 0 radical (unpaired) electrons. The molecule has 0 saturated carbocycles. The van der Waals surface area contributed by atoms with Crippen LogP contribution in [0.1, 0.15) is 51.1 Å². The van der Waals surface area contributed by atoms with Gasteiger partial charge in [-0.1, -0.05) is 97.4 Å². The number of imidazole rings is 3. The summed E-state index contributed by atoms with van der Waals surface area (Å²) in [7, 11) is 0. The minimum atomic E-state index is -0.478. The Balaban J connectivity index is 0.943. The van der Waals surface area contributed by atoms with E-state index in [0.717, 1.165) is 102 Å². The molecule has 0 spiro atoms. The number of aromatic amines is 2. The highest BCUT2D eigenvalue weighted by Gasteiger charge is 2.18. The second kappa shape index (κ2) is 18.6. The van der Waals surface area contributed by atoms with Crippen molar-refractivity contribution in [2.24, 2.45) is 5.73 Å². The van der Waals surface area contributed by atoms with Crippen molar-refractivity contribution in [2.45, 2.75) is 40.5 Å². The molecule has 0 aliphatic heterocycles. The largest absolute Gasteiger partial charge is 0.366 e. The quantitative estimate of drug-likeness (QED) is 0.0597. The summed E-state index contributed by atoms with van der Waals surface area (Å²) in [6.45, 7) is 8.14. The highest BCUT2D eigenvalue weighted by molar-refractivity contribution is 7.71. The minimum Gasteiger partial charge on any atom is -0.366 e. The lowest BCUT2D eigenvalue weighted by Crippen LogP contribution is -2.12. The third kappa shape index (κ3) is 9.09. The number of benzene rings is 6. The Hall–Kier alpha value is -7.45. The molecule has 0 atom stereocenters. The fraction of sp³-hybridized carbons (Fsp3) is 0.115. The van der Waals surface area contributed by atoms with Crippen LogP contribution in [0.2, 0.25) is 5.02 Å². The first-order chi connectivity index (χ1) is 31.9. The van der Waals surface area contributed by atoms with E-state index in [9.17, 15) is 4.79 Å². The molecule has 3 aromatic heterocycles. The second-order valence-electron chi connectivity index (χ2n) is 16.2. The highest BCUT2D eigenvalue weighted by atomic mass is 35.5. The topological polar surface area (TPSA) is 138 Å². The molecule has 0 unspecified atom stereocenters. The SMILES string of the molecule is CCc1[nH]c(=S)n(Nc2cccc(C)c2)c1-c1cccc(-c2ccc(Nn3c(-c4cccc(Cc5cccc(Nn6cnc(C)c6-c6cccc(C(N)=O)c6)c5)c4)c(C)[nH]c3=S)cc2Cl)c1. The minimum absolute atomic E-state index is 0.438. The van der Waals surface area contributed by atoms with Crippen LogP contribution in [-0.4, -0.2) is 34.9 Å². The molecule has 0 aliphatic rings. The maximum Gasteiger partial charge on any atom is 0.248 e. The Morgan fingerprint density at radius 3 is 1.98 bits per heavy atom. The molecule has 3 heterocycles. The standard InChI is InChI=1S/C52H47ClN10OS2/c1-5-46-49(63(52(66)57-46)59-41-19-6-11-31(2)23-41)39-17-9-14-36(27-39)44-22-21-43(29-45(44)53)60-62-48(33(4)56-51(62)65)37-15-7-12-34(25-37)24-35-13-8-20-42(26-35)58-61-30-55-32(3)47(61)38-16-10-18-40(28-38)50(54)64/h6-23,25-30,58-60H,5,24H2,1-4H3,(H2,54,64)(H,56,65)(H,57,66). The Labute approximate surface area is 397 Å². The molecular formula is C52H47ClN10OS2. The van der Waals surface area contributed by atoms with Crippen LogP contribution in [0.25, 0.3) is 44.9 Å². The summed E-state index contributed by atoms with van der Waals surface area (Å²) in [5.41, 5.74) is 32.8. The van der Waals surface area contributed by atoms with E-state index in [1.54, 1.807) is 18.5 Å². The van der Waals surface area contributed by atoms with Gasteiger partial charge in [-0.25, -0.2) is 19.0 Å². The van der Waals surface area contributed by atoms with E-state index in [1.165, 1.54) is 0 Å². The fourth-order valence-electron chi connectivity index (χ4n) is 8.41. The summed E-state index contributed by atoms with van der Waals surface area (Å²) in [5, 5.41) is 0.590. The number of carbonyl (C=O) groups excluding carboxylic acids is 1. The number of anilines is 3. The van der Waals surface area contributed by atoms with Gasteiger partial charge >= 0.3 is 0 Å². The van der Waals surface area contributed by atoms with E-state index >= 15 is 0 Å². The number of hydrogen-bond donors (Lipinski definition) is 6. The highest BCUT2D eigenvalue weighted by Crippen LogP contribution is 2.35. The van der Waals surface area contributed by atoms with Crippen molar-refractivity contribution in [3.8, 4) is 44.9 Å². The third-order valence-corrected chi connectivity index (χ3v) is 12.4. The van der Waals surface area contributed by atoms with Crippen LogP contribution in [0, 0.1) is 30.3 Å². The zero-order valence-electron chi connectivity index (χ0n) is 36.7. The van der Waals surface area contributed by atoms with Gasteiger partial charge in [0.2, 0.25) is 5.91 Å². The van der Waals surface area contributed by atoms with Gasteiger partial charge in [-0.05, 0) is 141 Å². The molecule has 66 heavy (non-hydrogen) atoms. The molecule has 14 heteroatoms. The molecule has 6 aromatic carbocycles. The van der Waals surface area contributed by atoms with E-state index < -0.39 is 5.91 Å². The Morgan fingerprint density at radius 2 is 1.26 bits per heavy atom. The van der Waals surface area contributed by atoms with Crippen molar-refractivity contribution in [1.29, 1.82) is 0 Å². The van der Waals surface area contributed by atoms with Gasteiger partial charge in [0, 0.05) is 39.2 Å². The first-order valence-electron chi connectivity index (χ1n) is 21.5. The van der Waals surface area contributed by atoms with Crippen molar-refractivity contribution in [3.05, 3.63) is 200 Å².